The molecule has 0 amide bonds. The Hall–Kier alpha value is -1.15. The second-order valence-corrected chi connectivity index (χ2v) is 9.51. The van der Waals surface area contributed by atoms with Crippen molar-refractivity contribution in [3.05, 3.63) is 29.8 Å². The molecule has 0 aromatic heterocycles. The highest BCUT2D eigenvalue weighted by Gasteiger charge is 2.30. The van der Waals surface area contributed by atoms with E-state index in [9.17, 15) is 8.42 Å². The van der Waals surface area contributed by atoms with Crippen molar-refractivity contribution in [3.63, 3.8) is 0 Å². The van der Waals surface area contributed by atoms with Crippen molar-refractivity contribution in [3.8, 4) is 5.75 Å². The molecule has 1 atom stereocenters. The maximum absolute atomic E-state index is 12.9. The van der Waals surface area contributed by atoms with Gasteiger partial charge in [-0.15, -0.1) is 0 Å². The highest BCUT2D eigenvalue weighted by atomic mass is 32.2. The summed E-state index contributed by atoms with van der Waals surface area (Å²) in [5.41, 5.74) is 1.10. The van der Waals surface area contributed by atoms with E-state index in [0.29, 0.717) is 6.54 Å². The smallest absolute Gasteiger partial charge is 0.279 e. The van der Waals surface area contributed by atoms with Gasteiger partial charge < -0.3 is 4.74 Å². The predicted octanol–water partition coefficient (Wildman–Crippen LogP) is 2.93. The lowest BCUT2D eigenvalue weighted by Crippen LogP contribution is -2.47. The average molecular weight is 396 g/mol. The van der Waals surface area contributed by atoms with E-state index in [-0.39, 0.29) is 12.1 Å². The molecular weight excluding hydrogens is 362 g/mol. The van der Waals surface area contributed by atoms with Gasteiger partial charge in [-0.25, -0.2) is 4.72 Å². The Morgan fingerprint density at radius 2 is 1.89 bits per heavy atom. The van der Waals surface area contributed by atoms with Crippen LogP contribution in [-0.4, -0.2) is 57.5 Å². The van der Waals surface area contributed by atoms with Crippen LogP contribution in [0.3, 0.4) is 0 Å². The number of hydrogen-bond acceptors (Lipinski definition) is 4. The zero-order valence-corrected chi connectivity index (χ0v) is 17.4. The number of methoxy groups -OCH3 is 1. The summed E-state index contributed by atoms with van der Waals surface area (Å²) in [6.07, 6.45) is 7.69. The molecule has 27 heavy (non-hydrogen) atoms. The third-order valence-corrected chi connectivity index (χ3v) is 7.57. The first-order valence-electron chi connectivity index (χ1n) is 10.1. The molecule has 1 unspecified atom stereocenters. The van der Waals surface area contributed by atoms with Crippen LogP contribution in [0.2, 0.25) is 0 Å². The van der Waals surface area contributed by atoms with Crippen molar-refractivity contribution >= 4 is 10.2 Å². The third-order valence-electron chi connectivity index (χ3n) is 5.99. The third kappa shape index (κ3) is 5.22. The van der Waals surface area contributed by atoms with E-state index in [1.165, 1.54) is 6.42 Å². The standard InChI is InChI=1S/C20H33N3O3S/c1-22(18-10-4-3-5-11-18)27(24,25)21-16-20(23-13-6-7-14-23)17-9-8-12-19(15-17)26-2/h8-9,12,15,18,20-21H,3-7,10-11,13-14,16H2,1-2H3. The fraction of sp³-hybridized carbons (Fsp3) is 0.700. The number of hydrogen-bond donors (Lipinski definition) is 1. The average Bonchev–Trinajstić information content (AvgIpc) is 3.23. The minimum absolute atomic E-state index is 0.0251. The largest absolute Gasteiger partial charge is 0.497 e. The molecule has 1 aliphatic carbocycles. The van der Waals surface area contributed by atoms with E-state index in [2.05, 4.69) is 15.7 Å². The lowest BCUT2D eigenvalue weighted by Gasteiger charge is -2.32. The van der Waals surface area contributed by atoms with E-state index in [1.54, 1.807) is 18.5 Å². The van der Waals surface area contributed by atoms with Crippen molar-refractivity contribution in [2.75, 3.05) is 33.8 Å². The molecule has 7 heteroatoms. The predicted molar refractivity (Wildman–Crippen MR) is 108 cm³/mol. The topological polar surface area (TPSA) is 61.9 Å². The number of benzene rings is 1. The summed E-state index contributed by atoms with van der Waals surface area (Å²) < 4.78 is 35.6. The van der Waals surface area contributed by atoms with Gasteiger partial charge in [0, 0.05) is 25.7 Å². The van der Waals surface area contributed by atoms with Crippen LogP contribution in [0.4, 0.5) is 0 Å². The van der Waals surface area contributed by atoms with Crippen molar-refractivity contribution in [2.24, 2.45) is 0 Å². The molecule has 0 radical (unpaired) electrons. The van der Waals surface area contributed by atoms with Gasteiger partial charge in [-0.2, -0.15) is 12.7 Å². The normalized spacial score (nSPS) is 20.9. The molecule has 3 rings (SSSR count). The Labute approximate surface area is 164 Å². The molecule has 1 N–H and O–H groups in total. The van der Waals surface area contributed by atoms with Gasteiger partial charge in [0.2, 0.25) is 0 Å². The van der Waals surface area contributed by atoms with Crippen LogP contribution in [0, 0.1) is 0 Å². The van der Waals surface area contributed by atoms with Crippen LogP contribution in [0.25, 0.3) is 0 Å². The van der Waals surface area contributed by atoms with E-state index in [0.717, 1.165) is 62.9 Å². The monoisotopic (exact) mass is 395 g/mol. The second-order valence-electron chi connectivity index (χ2n) is 7.70. The fourth-order valence-electron chi connectivity index (χ4n) is 4.29. The first-order valence-corrected chi connectivity index (χ1v) is 11.6. The number of rotatable bonds is 8. The van der Waals surface area contributed by atoms with Crippen LogP contribution in [0.5, 0.6) is 5.75 Å². The Bertz CT molecular complexity index is 698. The van der Waals surface area contributed by atoms with Crippen LogP contribution in [-0.2, 0) is 10.2 Å². The minimum Gasteiger partial charge on any atom is -0.497 e. The Morgan fingerprint density at radius 1 is 1.19 bits per heavy atom. The highest BCUT2D eigenvalue weighted by molar-refractivity contribution is 7.87. The molecule has 1 saturated carbocycles. The summed E-state index contributed by atoms with van der Waals surface area (Å²) in [5.74, 6) is 0.805. The van der Waals surface area contributed by atoms with Crippen molar-refractivity contribution in [1.29, 1.82) is 0 Å². The highest BCUT2D eigenvalue weighted by Crippen LogP contribution is 2.28. The Kier molecular flexibility index (Phi) is 7.14. The molecule has 1 saturated heterocycles. The quantitative estimate of drug-likeness (QED) is 0.735. The van der Waals surface area contributed by atoms with Gasteiger partial charge in [-0.3, -0.25) is 4.90 Å². The zero-order chi connectivity index (χ0) is 19.3. The van der Waals surface area contributed by atoms with Crippen LogP contribution < -0.4 is 9.46 Å². The maximum Gasteiger partial charge on any atom is 0.279 e. The number of ether oxygens (including phenoxy) is 1. The van der Waals surface area contributed by atoms with E-state index in [1.807, 2.05) is 18.2 Å². The molecule has 0 bridgehead atoms. The molecule has 1 aromatic rings. The molecule has 152 valence electrons. The molecule has 1 aromatic carbocycles. The van der Waals surface area contributed by atoms with Crippen LogP contribution in [0.1, 0.15) is 56.6 Å². The Balaban J connectivity index is 1.71. The van der Waals surface area contributed by atoms with Gasteiger partial charge in [0.1, 0.15) is 5.75 Å². The number of nitrogens with zero attached hydrogens (tertiary/aromatic N) is 2. The summed E-state index contributed by atoms with van der Waals surface area (Å²) in [6, 6.07) is 8.12. The zero-order valence-electron chi connectivity index (χ0n) is 16.6. The molecule has 2 fully saturated rings. The van der Waals surface area contributed by atoms with Crippen molar-refractivity contribution < 1.29 is 13.2 Å². The van der Waals surface area contributed by atoms with Gasteiger partial charge in [0.15, 0.2) is 0 Å². The summed E-state index contributed by atoms with van der Waals surface area (Å²) >= 11 is 0. The van der Waals surface area contributed by atoms with E-state index >= 15 is 0 Å². The second kappa shape index (κ2) is 9.37. The van der Waals surface area contributed by atoms with Gasteiger partial charge in [0.25, 0.3) is 10.2 Å². The van der Waals surface area contributed by atoms with Gasteiger partial charge in [-0.05, 0) is 56.5 Å². The summed E-state index contributed by atoms with van der Waals surface area (Å²) in [4.78, 5) is 2.37. The SMILES string of the molecule is COc1cccc(C(CNS(=O)(=O)N(C)C2CCCCC2)N2CCCC2)c1. The first-order chi connectivity index (χ1) is 13.0. The fourth-order valence-corrected chi connectivity index (χ4v) is 5.46. The van der Waals surface area contributed by atoms with Gasteiger partial charge in [0.05, 0.1) is 7.11 Å². The van der Waals surface area contributed by atoms with Crippen LogP contribution >= 0.6 is 0 Å². The molecular formula is C20H33N3O3S. The van der Waals surface area contributed by atoms with Crippen molar-refractivity contribution in [2.45, 2.75) is 57.0 Å². The number of nitrogens with one attached hydrogen (secondary N) is 1. The van der Waals surface area contributed by atoms with E-state index < -0.39 is 10.2 Å². The maximum atomic E-state index is 12.9. The first kappa shape index (κ1) is 20.6. The van der Waals surface area contributed by atoms with Gasteiger partial charge in [-0.1, -0.05) is 31.4 Å². The lowest BCUT2D eigenvalue weighted by atomic mass is 9.96. The lowest BCUT2D eigenvalue weighted by molar-refractivity contribution is 0.241. The molecule has 6 nitrogen and oxygen atoms in total. The van der Waals surface area contributed by atoms with Gasteiger partial charge >= 0.3 is 0 Å². The molecule has 1 aliphatic heterocycles. The number of likely N-dealkylation sites (tertiary alicyclic amines) is 1. The summed E-state index contributed by atoms with van der Waals surface area (Å²) in [6.45, 7) is 2.39. The van der Waals surface area contributed by atoms with Crippen LogP contribution in [0.15, 0.2) is 24.3 Å². The summed E-state index contributed by atoms with van der Waals surface area (Å²) in [7, 11) is -0.107. The minimum atomic E-state index is -3.48. The van der Waals surface area contributed by atoms with E-state index in [4.69, 9.17) is 4.74 Å². The summed E-state index contributed by atoms with van der Waals surface area (Å²) in [5, 5.41) is 0. The Morgan fingerprint density at radius 3 is 2.56 bits per heavy atom. The molecule has 1 heterocycles. The molecule has 2 aliphatic rings. The van der Waals surface area contributed by atoms with Crippen molar-refractivity contribution in [1.82, 2.24) is 13.9 Å². The molecule has 0 spiro atoms.